The zero-order valence-electron chi connectivity index (χ0n) is 15.1. The average molecular weight is 400 g/mol. The standard InChI is InChI=1S/C19H18ClN5O3/c1-12-5-7-14(8-6-12)22-19-24-16(23-18(21)25-19)10-28-17(26)11-27-15-4-2-3-13(20)9-15/h2-9H,10-11H2,1H3,(H3,21,22,23,24,25). The van der Waals surface area contributed by atoms with Crippen LogP contribution in [0.1, 0.15) is 11.4 Å². The van der Waals surface area contributed by atoms with Crippen LogP contribution >= 0.6 is 11.6 Å². The molecule has 0 radical (unpaired) electrons. The molecular weight excluding hydrogens is 382 g/mol. The van der Waals surface area contributed by atoms with Crippen LogP contribution in [-0.2, 0) is 16.1 Å². The third-order valence-electron chi connectivity index (χ3n) is 3.52. The number of nitrogens with one attached hydrogen (secondary N) is 1. The van der Waals surface area contributed by atoms with Gasteiger partial charge in [0.2, 0.25) is 11.9 Å². The van der Waals surface area contributed by atoms with Crippen molar-refractivity contribution in [3.05, 3.63) is 64.9 Å². The lowest BCUT2D eigenvalue weighted by molar-refractivity contribution is -0.147. The number of nitrogens with zero attached hydrogens (tertiary/aromatic N) is 3. The highest BCUT2D eigenvalue weighted by atomic mass is 35.5. The lowest BCUT2D eigenvalue weighted by Gasteiger charge is -2.09. The molecule has 0 aliphatic rings. The van der Waals surface area contributed by atoms with Crippen molar-refractivity contribution in [3.8, 4) is 5.75 Å². The normalized spacial score (nSPS) is 10.4. The summed E-state index contributed by atoms with van der Waals surface area (Å²) < 4.78 is 10.4. The maximum absolute atomic E-state index is 11.9. The summed E-state index contributed by atoms with van der Waals surface area (Å²) in [5.41, 5.74) is 7.65. The predicted molar refractivity (Wildman–Crippen MR) is 105 cm³/mol. The van der Waals surface area contributed by atoms with Gasteiger partial charge in [-0.3, -0.25) is 0 Å². The molecule has 1 heterocycles. The highest BCUT2D eigenvalue weighted by Crippen LogP contribution is 2.17. The number of aromatic nitrogens is 3. The molecule has 0 spiro atoms. The van der Waals surface area contributed by atoms with Crippen LogP contribution in [0.4, 0.5) is 17.6 Å². The van der Waals surface area contributed by atoms with Crippen LogP contribution in [0, 0.1) is 6.92 Å². The number of rotatable bonds is 7. The fourth-order valence-electron chi connectivity index (χ4n) is 2.21. The number of ether oxygens (including phenoxy) is 2. The molecule has 2 aromatic carbocycles. The number of esters is 1. The molecule has 144 valence electrons. The quantitative estimate of drug-likeness (QED) is 0.582. The van der Waals surface area contributed by atoms with Gasteiger partial charge in [0.25, 0.3) is 0 Å². The van der Waals surface area contributed by atoms with Crippen LogP contribution in [0.2, 0.25) is 5.02 Å². The number of benzene rings is 2. The van der Waals surface area contributed by atoms with E-state index in [-0.39, 0.29) is 30.9 Å². The minimum Gasteiger partial charge on any atom is -0.482 e. The Labute approximate surface area is 166 Å². The van der Waals surface area contributed by atoms with Crippen LogP contribution in [0.25, 0.3) is 0 Å². The molecule has 0 aliphatic carbocycles. The Morgan fingerprint density at radius 1 is 1.14 bits per heavy atom. The van der Waals surface area contributed by atoms with E-state index in [0.29, 0.717) is 10.8 Å². The van der Waals surface area contributed by atoms with Crippen molar-refractivity contribution in [1.29, 1.82) is 0 Å². The summed E-state index contributed by atoms with van der Waals surface area (Å²) in [5, 5.41) is 3.55. The molecule has 8 nitrogen and oxygen atoms in total. The molecule has 3 N–H and O–H groups in total. The fraction of sp³-hybridized carbons (Fsp3) is 0.158. The van der Waals surface area contributed by atoms with Gasteiger partial charge in [0.15, 0.2) is 19.0 Å². The molecule has 0 fully saturated rings. The summed E-state index contributed by atoms with van der Waals surface area (Å²) in [5.74, 6) is 0.395. The number of hydrogen-bond acceptors (Lipinski definition) is 8. The Morgan fingerprint density at radius 2 is 1.93 bits per heavy atom. The first-order chi connectivity index (χ1) is 13.5. The molecule has 0 unspecified atom stereocenters. The third kappa shape index (κ3) is 5.82. The Balaban J connectivity index is 1.55. The van der Waals surface area contributed by atoms with Crippen molar-refractivity contribution in [3.63, 3.8) is 0 Å². The van der Waals surface area contributed by atoms with E-state index in [0.717, 1.165) is 11.3 Å². The fourth-order valence-corrected chi connectivity index (χ4v) is 2.39. The molecule has 9 heteroatoms. The van der Waals surface area contributed by atoms with Crippen molar-refractivity contribution < 1.29 is 14.3 Å². The van der Waals surface area contributed by atoms with E-state index in [1.165, 1.54) is 0 Å². The lowest BCUT2D eigenvalue weighted by Crippen LogP contribution is -2.16. The summed E-state index contributed by atoms with van der Waals surface area (Å²) >= 11 is 5.86. The zero-order valence-corrected chi connectivity index (χ0v) is 15.8. The van der Waals surface area contributed by atoms with Crippen LogP contribution in [0.5, 0.6) is 5.75 Å². The Morgan fingerprint density at radius 3 is 2.68 bits per heavy atom. The molecule has 3 rings (SSSR count). The second kappa shape index (κ2) is 9.01. The Kier molecular flexibility index (Phi) is 6.23. The van der Waals surface area contributed by atoms with E-state index in [1.54, 1.807) is 24.3 Å². The maximum Gasteiger partial charge on any atom is 0.344 e. The maximum atomic E-state index is 11.9. The molecule has 0 saturated carbocycles. The average Bonchev–Trinajstić information content (AvgIpc) is 2.66. The van der Waals surface area contributed by atoms with Crippen LogP contribution in [0.3, 0.4) is 0 Å². The van der Waals surface area contributed by atoms with Crippen LogP contribution < -0.4 is 15.8 Å². The molecular formula is C19H18ClN5O3. The zero-order chi connectivity index (χ0) is 19.9. The molecule has 1 aromatic heterocycles. The second-order valence-electron chi connectivity index (χ2n) is 5.83. The van der Waals surface area contributed by atoms with Crippen molar-refractivity contribution in [2.24, 2.45) is 0 Å². The second-order valence-corrected chi connectivity index (χ2v) is 6.27. The molecule has 0 atom stereocenters. The molecule has 3 aromatic rings. The number of nitrogen functional groups attached to an aromatic ring is 1. The SMILES string of the molecule is Cc1ccc(Nc2nc(N)nc(COC(=O)COc3cccc(Cl)c3)n2)cc1. The van der Waals surface area contributed by atoms with Crippen molar-refractivity contribution in [1.82, 2.24) is 15.0 Å². The van der Waals surface area contributed by atoms with Gasteiger partial charge in [0.1, 0.15) is 5.75 Å². The van der Waals surface area contributed by atoms with Crippen molar-refractivity contribution in [2.75, 3.05) is 17.7 Å². The minimum absolute atomic E-state index is 0.0193. The number of carbonyl (C=O) groups excluding carboxylic acids is 1. The lowest BCUT2D eigenvalue weighted by atomic mass is 10.2. The van der Waals surface area contributed by atoms with Gasteiger partial charge in [-0.2, -0.15) is 15.0 Å². The number of nitrogens with two attached hydrogens (primary N) is 1. The Hall–Kier alpha value is -3.39. The molecule has 0 aliphatic heterocycles. The minimum atomic E-state index is -0.577. The Bertz CT molecular complexity index is 966. The summed E-state index contributed by atoms with van der Waals surface area (Å²) in [6, 6.07) is 14.4. The number of anilines is 3. The molecule has 0 bridgehead atoms. The van der Waals surface area contributed by atoms with Crippen LogP contribution in [0.15, 0.2) is 48.5 Å². The van der Waals surface area contributed by atoms with Gasteiger partial charge < -0.3 is 20.5 Å². The molecule has 0 saturated heterocycles. The highest BCUT2D eigenvalue weighted by Gasteiger charge is 2.10. The van der Waals surface area contributed by atoms with Gasteiger partial charge in [0.05, 0.1) is 0 Å². The summed E-state index contributed by atoms with van der Waals surface area (Å²) in [4.78, 5) is 24.1. The monoisotopic (exact) mass is 399 g/mol. The number of hydrogen-bond donors (Lipinski definition) is 2. The molecule has 28 heavy (non-hydrogen) atoms. The third-order valence-corrected chi connectivity index (χ3v) is 3.76. The van der Waals surface area contributed by atoms with E-state index in [4.69, 9.17) is 26.8 Å². The van der Waals surface area contributed by atoms with Gasteiger partial charge in [-0.1, -0.05) is 35.4 Å². The number of aryl methyl sites for hydroxylation is 1. The van der Waals surface area contributed by atoms with E-state index in [9.17, 15) is 4.79 Å². The van der Waals surface area contributed by atoms with Gasteiger partial charge in [-0.15, -0.1) is 0 Å². The first-order valence-electron chi connectivity index (χ1n) is 8.36. The van der Waals surface area contributed by atoms with E-state index < -0.39 is 5.97 Å². The highest BCUT2D eigenvalue weighted by molar-refractivity contribution is 6.30. The van der Waals surface area contributed by atoms with Crippen molar-refractivity contribution >= 4 is 35.2 Å². The van der Waals surface area contributed by atoms with Gasteiger partial charge in [0, 0.05) is 10.7 Å². The first-order valence-corrected chi connectivity index (χ1v) is 8.74. The summed E-state index contributed by atoms with van der Waals surface area (Å²) in [6.45, 7) is 1.57. The largest absolute Gasteiger partial charge is 0.482 e. The van der Waals surface area contributed by atoms with Gasteiger partial charge >= 0.3 is 5.97 Å². The smallest absolute Gasteiger partial charge is 0.344 e. The van der Waals surface area contributed by atoms with Gasteiger partial charge in [-0.25, -0.2) is 4.79 Å². The predicted octanol–water partition coefficient (Wildman–Crippen LogP) is 3.28. The van der Waals surface area contributed by atoms with E-state index >= 15 is 0 Å². The first kappa shape index (κ1) is 19.4. The van der Waals surface area contributed by atoms with Crippen LogP contribution in [-0.4, -0.2) is 27.5 Å². The summed E-state index contributed by atoms with van der Waals surface area (Å²) in [7, 11) is 0. The van der Waals surface area contributed by atoms with E-state index in [1.807, 2.05) is 31.2 Å². The van der Waals surface area contributed by atoms with Crippen molar-refractivity contribution in [2.45, 2.75) is 13.5 Å². The molecule has 0 amide bonds. The van der Waals surface area contributed by atoms with Gasteiger partial charge in [-0.05, 0) is 37.3 Å². The van der Waals surface area contributed by atoms with E-state index in [2.05, 4.69) is 20.3 Å². The summed E-state index contributed by atoms with van der Waals surface area (Å²) in [6.07, 6.45) is 0. The number of carbonyl (C=O) groups is 1. The number of halogens is 1. The topological polar surface area (TPSA) is 112 Å².